The Balaban J connectivity index is 2.04. The van der Waals surface area contributed by atoms with Crippen LogP contribution in [0.5, 0.6) is 0 Å². The summed E-state index contributed by atoms with van der Waals surface area (Å²) in [6, 6.07) is 25.2. The normalized spacial score (nSPS) is 12.2. The molecule has 0 aliphatic rings. The van der Waals surface area contributed by atoms with Crippen LogP contribution in [-0.2, 0) is 10.8 Å². The van der Waals surface area contributed by atoms with Crippen LogP contribution in [-0.4, -0.2) is 0 Å². The van der Waals surface area contributed by atoms with Crippen molar-refractivity contribution in [3.63, 3.8) is 0 Å². The lowest BCUT2D eigenvalue weighted by Gasteiger charge is -2.31. The third-order valence-corrected chi connectivity index (χ3v) is 5.55. The van der Waals surface area contributed by atoms with Crippen molar-refractivity contribution < 1.29 is 0 Å². The van der Waals surface area contributed by atoms with Gasteiger partial charge in [-0.25, -0.2) is 0 Å². The second kappa shape index (κ2) is 6.53. The molecule has 3 rings (SSSR count). The van der Waals surface area contributed by atoms with Gasteiger partial charge in [-0.15, -0.1) is 0 Å². The van der Waals surface area contributed by atoms with E-state index >= 15 is 0 Å². The average Bonchev–Trinajstić information content (AvgIpc) is 2.62. The van der Waals surface area contributed by atoms with Crippen LogP contribution in [0.25, 0.3) is 0 Å². The van der Waals surface area contributed by atoms with Crippen LogP contribution in [0.2, 0.25) is 0 Å². The Morgan fingerprint density at radius 3 is 1.50 bits per heavy atom. The van der Waals surface area contributed by atoms with Gasteiger partial charge in [0.1, 0.15) is 0 Å². The van der Waals surface area contributed by atoms with Crippen LogP contribution < -0.4 is 11.5 Å². The minimum absolute atomic E-state index is 0.102. The first-order valence-electron chi connectivity index (χ1n) is 9.04. The van der Waals surface area contributed by atoms with Gasteiger partial charge in [0, 0.05) is 22.2 Å². The van der Waals surface area contributed by atoms with Gasteiger partial charge >= 0.3 is 0 Å². The van der Waals surface area contributed by atoms with E-state index in [9.17, 15) is 0 Å². The largest absolute Gasteiger partial charge is 0.399 e. The molecule has 2 nitrogen and oxygen atoms in total. The number of anilines is 2. The van der Waals surface area contributed by atoms with Crippen molar-refractivity contribution in [3.8, 4) is 0 Å². The van der Waals surface area contributed by atoms with Gasteiger partial charge in [0.2, 0.25) is 0 Å². The Morgan fingerprint density at radius 2 is 0.962 bits per heavy atom. The highest BCUT2D eigenvalue weighted by Gasteiger charge is 2.27. The summed E-state index contributed by atoms with van der Waals surface area (Å²) in [6.07, 6.45) is 0. The summed E-state index contributed by atoms with van der Waals surface area (Å²) in [5, 5.41) is 0. The number of rotatable bonds is 4. The van der Waals surface area contributed by atoms with Crippen molar-refractivity contribution in [2.24, 2.45) is 0 Å². The number of nitrogen functional groups attached to an aromatic ring is 2. The molecule has 2 heteroatoms. The fourth-order valence-corrected chi connectivity index (χ4v) is 3.46. The van der Waals surface area contributed by atoms with Gasteiger partial charge in [-0.1, -0.05) is 76.2 Å². The standard InChI is InChI=1S/C24H28N2/c1-23(2,17-11-13-21(25)14-12-17)18-7-5-8-19(15-18)24(3,4)20-9-6-10-22(26)16-20/h5-16H,25-26H2,1-4H3. The second-order valence-electron chi connectivity index (χ2n) is 8.08. The highest BCUT2D eigenvalue weighted by Crippen LogP contribution is 2.37. The van der Waals surface area contributed by atoms with E-state index in [4.69, 9.17) is 11.5 Å². The number of benzene rings is 3. The van der Waals surface area contributed by atoms with E-state index in [0.29, 0.717) is 0 Å². The van der Waals surface area contributed by atoms with E-state index in [2.05, 4.69) is 76.2 Å². The van der Waals surface area contributed by atoms with Crippen molar-refractivity contribution in [1.29, 1.82) is 0 Å². The fourth-order valence-electron chi connectivity index (χ4n) is 3.46. The Kier molecular flexibility index (Phi) is 4.53. The molecule has 0 heterocycles. The van der Waals surface area contributed by atoms with Crippen LogP contribution in [0.3, 0.4) is 0 Å². The molecule has 0 spiro atoms. The molecule has 4 N–H and O–H groups in total. The van der Waals surface area contributed by atoms with Crippen LogP contribution in [0.15, 0.2) is 72.8 Å². The molecule has 3 aromatic rings. The van der Waals surface area contributed by atoms with Crippen LogP contribution in [0.4, 0.5) is 11.4 Å². The first-order valence-corrected chi connectivity index (χ1v) is 9.04. The van der Waals surface area contributed by atoms with E-state index in [1.165, 1.54) is 22.3 Å². The van der Waals surface area contributed by atoms with E-state index < -0.39 is 0 Å². The van der Waals surface area contributed by atoms with Gasteiger partial charge in [-0.2, -0.15) is 0 Å². The topological polar surface area (TPSA) is 52.0 Å². The lowest BCUT2D eigenvalue weighted by molar-refractivity contribution is 0.617. The van der Waals surface area contributed by atoms with Gasteiger partial charge in [0.15, 0.2) is 0 Å². The third kappa shape index (κ3) is 3.32. The molecule has 0 unspecified atom stereocenters. The molecule has 26 heavy (non-hydrogen) atoms. The van der Waals surface area contributed by atoms with Gasteiger partial charge in [-0.05, 0) is 46.5 Å². The molecule has 0 amide bonds. The van der Waals surface area contributed by atoms with Gasteiger partial charge in [0.05, 0.1) is 0 Å². The Labute approximate surface area is 156 Å². The molecule has 0 aliphatic heterocycles. The molecular formula is C24H28N2. The van der Waals surface area contributed by atoms with E-state index in [1.807, 2.05) is 24.3 Å². The maximum Gasteiger partial charge on any atom is 0.0317 e. The molecule has 134 valence electrons. The predicted octanol–water partition coefficient (Wildman–Crippen LogP) is 5.50. The Hall–Kier alpha value is -2.74. The van der Waals surface area contributed by atoms with Gasteiger partial charge in [0.25, 0.3) is 0 Å². The van der Waals surface area contributed by atoms with Crippen molar-refractivity contribution >= 4 is 11.4 Å². The first kappa shape index (κ1) is 18.1. The lowest BCUT2D eigenvalue weighted by Crippen LogP contribution is -2.23. The average molecular weight is 345 g/mol. The number of nitrogens with two attached hydrogens (primary N) is 2. The maximum absolute atomic E-state index is 6.01. The van der Waals surface area contributed by atoms with Crippen molar-refractivity contribution in [2.45, 2.75) is 38.5 Å². The third-order valence-electron chi connectivity index (χ3n) is 5.55. The van der Waals surface area contributed by atoms with E-state index in [-0.39, 0.29) is 10.8 Å². The summed E-state index contributed by atoms with van der Waals surface area (Å²) in [5.41, 5.74) is 18.3. The van der Waals surface area contributed by atoms with E-state index in [1.54, 1.807) is 0 Å². The Bertz CT molecular complexity index is 906. The number of hydrogen-bond acceptors (Lipinski definition) is 2. The van der Waals surface area contributed by atoms with Crippen molar-refractivity contribution in [2.75, 3.05) is 11.5 Å². The van der Waals surface area contributed by atoms with Crippen molar-refractivity contribution in [1.82, 2.24) is 0 Å². The second-order valence-corrected chi connectivity index (χ2v) is 8.08. The molecule has 3 aromatic carbocycles. The molecule has 0 atom stereocenters. The summed E-state index contributed by atoms with van der Waals surface area (Å²) in [4.78, 5) is 0. The zero-order chi connectivity index (χ0) is 18.9. The Morgan fingerprint density at radius 1 is 0.500 bits per heavy atom. The zero-order valence-electron chi connectivity index (χ0n) is 16.1. The molecule has 0 saturated carbocycles. The van der Waals surface area contributed by atoms with Crippen LogP contribution in [0.1, 0.15) is 49.9 Å². The zero-order valence-corrected chi connectivity index (χ0v) is 16.1. The minimum atomic E-state index is -0.122. The summed E-state index contributed by atoms with van der Waals surface area (Å²) < 4.78 is 0. The lowest BCUT2D eigenvalue weighted by atomic mass is 9.73. The minimum Gasteiger partial charge on any atom is -0.399 e. The van der Waals surface area contributed by atoms with Crippen LogP contribution in [0, 0.1) is 0 Å². The quantitative estimate of drug-likeness (QED) is 0.614. The van der Waals surface area contributed by atoms with E-state index in [0.717, 1.165) is 11.4 Å². The van der Waals surface area contributed by atoms with Gasteiger partial charge < -0.3 is 11.5 Å². The van der Waals surface area contributed by atoms with Crippen molar-refractivity contribution in [3.05, 3.63) is 95.1 Å². The first-order chi connectivity index (χ1) is 12.2. The smallest absolute Gasteiger partial charge is 0.0317 e. The monoisotopic (exact) mass is 344 g/mol. The summed E-state index contributed by atoms with van der Waals surface area (Å²) in [5.74, 6) is 0. The summed E-state index contributed by atoms with van der Waals surface area (Å²) >= 11 is 0. The van der Waals surface area contributed by atoms with Crippen LogP contribution >= 0.6 is 0 Å². The highest BCUT2D eigenvalue weighted by molar-refractivity contribution is 5.50. The summed E-state index contributed by atoms with van der Waals surface area (Å²) in [7, 11) is 0. The number of hydrogen-bond donors (Lipinski definition) is 2. The molecule has 0 radical (unpaired) electrons. The molecule has 0 saturated heterocycles. The highest BCUT2D eigenvalue weighted by atomic mass is 14.5. The summed E-state index contributed by atoms with van der Waals surface area (Å²) in [6.45, 7) is 9.00. The molecular weight excluding hydrogens is 316 g/mol. The fraction of sp³-hybridized carbons (Fsp3) is 0.250. The molecule has 0 aromatic heterocycles. The maximum atomic E-state index is 6.01. The SMILES string of the molecule is CC(C)(c1ccc(N)cc1)c1cccc(C(C)(C)c2cccc(N)c2)c1. The molecule has 0 fully saturated rings. The molecule has 0 bridgehead atoms. The predicted molar refractivity (Wildman–Crippen MR) is 112 cm³/mol. The van der Waals surface area contributed by atoms with Gasteiger partial charge in [-0.3, -0.25) is 0 Å². The molecule has 0 aliphatic carbocycles.